The molecule has 0 spiro atoms. The molecule has 0 aliphatic heterocycles. The molecule has 0 saturated carbocycles. The molecule has 1 amide bonds. The average Bonchev–Trinajstić information content (AvgIpc) is 3.07. The fraction of sp³-hybridized carbons (Fsp3) is 0.0500. The molecule has 0 fully saturated rings. The van der Waals surface area contributed by atoms with Crippen LogP contribution in [0.1, 0.15) is 16.1 Å². The van der Waals surface area contributed by atoms with Gasteiger partial charge in [-0.3, -0.25) is 9.59 Å². The standard InChI is InChI=1S/C20H15N3O3/c1-23-12-16(19(24)15-7-3-4-8-17(15)23)20(25)22-21-11-14-10-13-6-2-5-9-18(13)26-14/h2-12H,1H3,(H,22,25)/b21-11+. The largest absolute Gasteiger partial charge is 0.455 e. The molecule has 4 aromatic rings. The van der Waals surface area contributed by atoms with Crippen LogP contribution in [0.25, 0.3) is 21.9 Å². The van der Waals surface area contributed by atoms with Gasteiger partial charge in [-0.15, -0.1) is 0 Å². The number of benzene rings is 2. The Hall–Kier alpha value is -3.67. The van der Waals surface area contributed by atoms with Gasteiger partial charge in [-0.2, -0.15) is 5.10 Å². The van der Waals surface area contributed by atoms with E-state index in [9.17, 15) is 9.59 Å². The number of para-hydroxylation sites is 2. The van der Waals surface area contributed by atoms with E-state index in [0.717, 1.165) is 16.5 Å². The Balaban J connectivity index is 1.59. The van der Waals surface area contributed by atoms with E-state index in [0.29, 0.717) is 11.1 Å². The summed E-state index contributed by atoms with van der Waals surface area (Å²) in [6.07, 6.45) is 2.92. The molecule has 26 heavy (non-hydrogen) atoms. The van der Waals surface area contributed by atoms with Crippen LogP contribution in [-0.2, 0) is 7.05 Å². The number of carbonyl (C=O) groups is 1. The minimum absolute atomic E-state index is 0.0351. The Morgan fingerprint density at radius 2 is 1.92 bits per heavy atom. The van der Waals surface area contributed by atoms with Crippen LogP contribution in [0.2, 0.25) is 0 Å². The van der Waals surface area contributed by atoms with Gasteiger partial charge in [0, 0.05) is 24.0 Å². The van der Waals surface area contributed by atoms with E-state index < -0.39 is 5.91 Å². The molecule has 1 N–H and O–H groups in total. The van der Waals surface area contributed by atoms with Crippen LogP contribution in [0, 0.1) is 0 Å². The minimum Gasteiger partial charge on any atom is -0.455 e. The Morgan fingerprint density at radius 3 is 2.77 bits per heavy atom. The maximum Gasteiger partial charge on any atom is 0.276 e. The summed E-state index contributed by atoms with van der Waals surface area (Å²) in [6.45, 7) is 0. The number of amides is 1. The smallest absolute Gasteiger partial charge is 0.276 e. The summed E-state index contributed by atoms with van der Waals surface area (Å²) in [6, 6.07) is 16.5. The predicted molar refractivity (Wildman–Crippen MR) is 100 cm³/mol. The van der Waals surface area contributed by atoms with Gasteiger partial charge in [0.05, 0.1) is 11.7 Å². The molecule has 0 aliphatic rings. The summed E-state index contributed by atoms with van der Waals surface area (Å²) in [7, 11) is 1.79. The zero-order valence-corrected chi connectivity index (χ0v) is 14.0. The number of aryl methyl sites for hydroxylation is 1. The van der Waals surface area contributed by atoms with Crippen LogP contribution >= 0.6 is 0 Å². The summed E-state index contributed by atoms with van der Waals surface area (Å²) >= 11 is 0. The highest BCUT2D eigenvalue weighted by Gasteiger charge is 2.13. The third-order valence-corrected chi connectivity index (χ3v) is 4.14. The normalized spacial score (nSPS) is 11.4. The van der Waals surface area contributed by atoms with Crippen molar-refractivity contribution >= 4 is 34.0 Å². The lowest BCUT2D eigenvalue weighted by Crippen LogP contribution is -2.26. The van der Waals surface area contributed by atoms with E-state index in [4.69, 9.17) is 4.42 Å². The van der Waals surface area contributed by atoms with E-state index in [2.05, 4.69) is 10.5 Å². The number of nitrogens with zero attached hydrogens (tertiary/aromatic N) is 2. The Labute approximate surface area is 148 Å². The van der Waals surface area contributed by atoms with Crippen molar-refractivity contribution < 1.29 is 9.21 Å². The molecule has 2 aromatic heterocycles. The van der Waals surface area contributed by atoms with Gasteiger partial charge in [-0.05, 0) is 24.3 Å². The van der Waals surface area contributed by atoms with Gasteiger partial charge in [0.15, 0.2) is 0 Å². The van der Waals surface area contributed by atoms with E-state index in [1.54, 1.807) is 23.7 Å². The zero-order chi connectivity index (χ0) is 18.1. The Morgan fingerprint density at radius 1 is 1.15 bits per heavy atom. The van der Waals surface area contributed by atoms with Crippen LogP contribution in [0.3, 0.4) is 0 Å². The molecular formula is C20H15N3O3. The number of hydrogen-bond donors (Lipinski definition) is 1. The van der Waals surface area contributed by atoms with Crippen LogP contribution in [-0.4, -0.2) is 16.7 Å². The third kappa shape index (κ3) is 2.77. The number of nitrogens with one attached hydrogen (secondary N) is 1. The van der Waals surface area contributed by atoms with Crippen molar-refractivity contribution in [3.05, 3.63) is 82.3 Å². The average molecular weight is 345 g/mol. The van der Waals surface area contributed by atoms with Crippen molar-refractivity contribution in [2.24, 2.45) is 12.1 Å². The monoisotopic (exact) mass is 345 g/mol. The van der Waals surface area contributed by atoms with Gasteiger partial charge in [0.2, 0.25) is 5.43 Å². The SMILES string of the molecule is Cn1cc(C(=O)N/N=C/c2cc3ccccc3o2)c(=O)c2ccccc21. The lowest BCUT2D eigenvalue weighted by Gasteiger charge is -2.07. The van der Waals surface area contributed by atoms with E-state index in [1.165, 1.54) is 12.4 Å². The second-order valence-corrected chi connectivity index (χ2v) is 5.89. The van der Waals surface area contributed by atoms with Gasteiger partial charge < -0.3 is 8.98 Å². The molecule has 0 atom stereocenters. The molecule has 0 aliphatic carbocycles. The van der Waals surface area contributed by atoms with Crippen molar-refractivity contribution in [3.63, 3.8) is 0 Å². The minimum atomic E-state index is -0.566. The number of pyridine rings is 1. The molecule has 2 heterocycles. The maximum atomic E-state index is 12.5. The summed E-state index contributed by atoms with van der Waals surface area (Å²) in [5.74, 6) is -0.0540. The third-order valence-electron chi connectivity index (χ3n) is 4.14. The number of hydrazone groups is 1. The number of carbonyl (C=O) groups excluding carboxylic acids is 1. The number of rotatable bonds is 3. The lowest BCUT2D eigenvalue weighted by atomic mass is 10.1. The maximum absolute atomic E-state index is 12.5. The van der Waals surface area contributed by atoms with Crippen molar-refractivity contribution in [2.45, 2.75) is 0 Å². The first kappa shape index (κ1) is 15.8. The van der Waals surface area contributed by atoms with Gasteiger partial charge in [0.1, 0.15) is 16.9 Å². The quantitative estimate of drug-likeness (QED) is 0.458. The van der Waals surface area contributed by atoms with E-state index >= 15 is 0 Å². The highest BCUT2D eigenvalue weighted by Crippen LogP contribution is 2.17. The summed E-state index contributed by atoms with van der Waals surface area (Å²) in [5.41, 5.74) is 3.60. The fourth-order valence-electron chi connectivity index (χ4n) is 2.88. The lowest BCUT2D eigenvalue weighted by molar-refractivity contribution is 0.0953. The number of aromatic nitrogens is 1. The van der Waals surface area contributed by atoms with E-state index in [-0.39, 0.29) is 11.0 Å². The number of furan rings is 1. The topological polar surface area (TPSA) is 76.6 Å². The Kier molecular flexibility index (Phi) is 3.85. The fourth-order valence-corrected chi connectivity index (χ4v) is 2.88. The summed E-state index contributed by atoms with van der Waals surface area (Å²) in [5, 5.41) is 5.34. The molecular weight excluding hydrogens is 330 g/mol. The first-order chi connectivity index (χ1) is 12.6. The molecule has 0 bridgehead atoms. The van der Waals surface area contributed by atoms with Gasteiger partial charge in [0.25, 0.3) is 5.91 Å². The molecule has 2 aromatic carbocycles. The highest BCUT2D eigenvalue weighted by molar-refractivity contribution is 5.97. The molecule has 0 radical (unpaired) electrons. The summed E-state index contributed by atoms with van der Waals surface area (Å²) < 4.78 is 7.33. The van der Waals surface area contributed by atoms with Crippen LogP contribution in [0.4, 0.5) is 0 Å². The second kappa shape index (κ2) is 6.33. The molecule has 4 rings (SSSR count). The van der Waals surface area contributed by atoms with E-state index in [1.807, 2.05) is 42.5 Å². The van der Waals surface area contributed by atoms with Crippen LogP contribution in [0.5, 0.6) is 0 Å². The van der Waals surface area contributed by atoms with Gasteiger partial charge in [-0.1, -0.05) is 30.3 Å². The highest BCUT2D eigenvalue weighted by atomic mass is 16.3. The van der Waals surface area contributed by atoms with Gasteiger partial charge >= 0.3 is 0 Å². The van der Waals surface area contributed by atoms with Crippen LogP contribution in [0.15, 0.2) is 75.1 Å². The summed E-state index contributed by atoms with van der Waals surface area (Å²) in [4.78, 5) is 24.9. The molecule has 6 nitrogen and oxygen atoms in total. The number of fused-ring (bicyclic) bond motifs is 2. The molecule has 128 valence electrons. The second-order valence-electron chi connectivity index (χ2n) is 5.89. The predicted octanol–water partition coefficient (Wildman–Crippen LogP) is 3.05. The molecule has 6 heteroatoms. The van der Waals surface area contributed by atoms with Crippen molar-refractivity contribution in [2.75, 3.05) is 0 Å². The van der Waals surface area contributed by atoms with Crippen molar-refractivity contribution in [1.82, 2.24) is 9.99 Å². The van der Waals surface area contributed by atoms with Crippen LogP contribution < -0.4 is 10.9 Å². The van der Waals surface area contributed by atoms with Crippen molar-refractivity contribution in [3.8, 4) is 0 Å². The first-order valence-corrected chi connectivity index (χ1v) is 8.04. The van der Waals surface area contributed by atoms with Gasteiger partial charge in [-0.25, -0.2) is 5.43 Å². The molecule has 0 saturated heterocycles. The van der Waals surface area contributed by atoms with Crippen molar-refractivity contribution in [1.29, 1.82) is 0 Å². The first-order valence-electron chi connectivity index (χ1n) is 8.04. The zero-order valence-electron chi connectivity index (χ0n) is 14.0. The number of hydrogen-bond acceptors (Lipinski definition) is 4. The Bertz CT molecular complexity index is 1180. The molecule has 0 unspecified atom stereocenters.